The maximum Gasteiger partial charge on any atom is 0.415 e. The third-order valence-electron chi connectivity index (χ3n) is 3.24. The molecule has 0 saturated heterocycles. The highest BCUT2D eigenvalue weighted by Crippen LogP contribution is 2.53. The Morgan fingerprint density at radius 1 is 1.28 bits per heavy atom. The summed E-state index contributed by atoms with van der Waals surface area (Å²) in [6, 6.07) is 0. The Bertz CT molecular complexity index is 756. The number of imidazole rings is 1. The van der Waals surface area contributed by atoms with E-state index in [2.05, 4.69) is 15.0 Å². The van der Waals surface area contributed by atoms with E-state index in [9.17, 15) is 14.4 Å². The van der Waals surface area contributed by atoms with Crippen molar-refractivity contribution in [1.82, 2.24) is 19.5 Å². The average molecular weight is 375 g/mol. The van der Waals surface area contributed by atoms with E-state index in [1.165, 1.54) is 12.7 Å². The summed E-state index contributed by atoms with van der Waals surface area (Å²) in [6.07, 6.45) is 2.11. The SMILES string of the molecule is CCOC(OCC)(OC(C)Cn1cnc2c(N)ncnc21)P(=O)(O)O. The molecule has 0 aliphatic carbocycles. The Balaban J connectivity index is 2.24. The van der Waals surface area contributed by atoms with E-state index in [0.29, 0.717) is 11.2 Å². The Hall–Kier alpha value is -1.62. The van der Waals surface area contributed by atoms with E-state index < -0.39 is 19.4 Å². The first-order valence-electron chi connectivity index (χ1n) is 7.66. The maximum absolute atomic E-state index is 11.9. The fraction of sp³-hybridized carbons (Fsp3) is 0.615. The lowest BCUT2D eigenvalue weighted by molar-refractivity contribution is -0.344. The van der Waals surface area contributed by atoms with Gasteiger partial charge in [0.25, 0.3) is 0 Å². The molecule has 0 aliphatic heterocycles. The number of hydrogen-bond donors (Lipinski definition) is 3. The summed E-state index contributed by atoms with van der Waals surface area (Å²) in [5.74, 6) is 0.241. The van der Waals surface area contributed by atoms with Crippen LogP contribution in [0, 0.1) is 0 Å². The number of nitrogens with two attached hydrogens (primary N) is 1. The van der Waals surface area contributed by atoms with Crippen LogP contribution in [0.1, 0.15) is 20.8 Å². The van der Waals surface area contributed by atoms with Crippen LogP contribution in [-0.4, -0.2) is 54.3 Å². The normalized spacial score (nSPS) is 14.1. The summed E-state index contributed by atoms with van der Waals surface area (Å²) in [5.41, 5.74) is 4.20. The van der Waals surface area contributed by atoms with Crippen molar-refractivity contribution in [3.63, 3.8) is 0 Å². The summed E-state index contributed by atoms with van der Waals surface area (Å²) in [7, 11) is -4.88. The number of anilines is 1. The summed E-state index contributed by atoms with van der Waals surface area (Å²) in [5, 5.41) is 0. The highest BCUT2D eigenvalue weighted by Gasteiger charge is 2.53. The van der Waals surface area contributed by atoms with E-state index in [1.54, 1.807) is 25.3 Å². The molecule has 2 aromatic rings. The standard InChI is InChI=1S/C13H22N5O6P/c1-4-22-13(23-5-2,25(19,20)21)24-9(3)6-18-8-17-10-11(14)15-7-16-12(10)18/h7-9H,4-6H2,1-3H3,(H2,14,15,16)(H2,19,20,21). The van der Waals surface area contributed by atoms with Gasteiger partial charge in [-0.1, -0.05) is 0 Å². The molecule has 4 N–H and O–H groups in total. The number of nitrogens with zero attached hydrogens (tertiary/aromatic N) is 4. The van der Waals surface area contributed by atoms with Crippen LogP contribution in [0.5, 0.6) is 0 Å². The molecule has 0 spiro atoms. The highest BCUT2D eigenvalue weighted by atomic mass is 31.2. The van der Waals surface area contributed by atoms with Crippen molar-refractivity contribution in [2.75, 3.05) is 18.9 Å². The van der Waals surface area contributed by atoms with Crippen molar-refractivity contribution in [1.29, 1.82) is 0 Å². The lowest BCUT2D eigenvalue weighted by Crippen LogP contribution is -2.42. The molecule has 2 heterocycles. The Morgan fingerprint density at radius 3 is 2.48 bits per heavy atom. The minimum atomic E-state index is -4.88. The van der Waals surface area contributed by atoms with E-state index >= 15 is 0 Å². The van der Waals surface area contributed by atoms with E-state index in [4.69, 9.17) is 19.9 Å². The van der Waals surface area contributed by atoms with Gasteiger partial charge in [-0.2, -0.15) is 0 Å². The van der Waals surface area contributed by atoms with Crippen LogP contribution in [0.2, 0.25) is 0 Å². The topological polar surface area (TPSA) is 155 Å². The Labute approximate surface area is 144 Å². The Kier molecular flexibility index (Phi) is 6.09. The van der Waals surface area contributed by atoms with Gasteiger partial charge in [0.15, 0.2) is 11.5 Å². The van der Waals surface area contributed by atoms with Gasteiger partial charge >= 0.3 is 13.3 Å². The molecule has 12 heteroatoms. The smallest absolute Gasteiger partial charge is 0.382 e. The van der Waals surface area contributed by atoms with Crippen LogP contribution >= 0.6 is 7.60 Å². The van der Waals surface area contributed by atoms with Gasteiger partial charge in [0.2, 0.25) is 0 Å². The first-order chi connectivity index (χ1) is 11.7. The molecule has 1 atom stereocenters. The van der Waals surface area contributed by atoms with Gasteiger partial charge in [-0.15, -0.1) is 0 Å². The van der Waals surface area contributed by atoms with Crippen LogP contribution < -0.4 is 5.73 Å². The summed E-state index contributed by atoms with van der Waals surface area (Å²) in [6.45, 7) is 4.97. The molecule has 11 nitrogen and oxygen atoms in total. The monoisotopic (exact) mass is 375 g/mol. The third-order valence-corrected chi connectivity index (χ3v) is 4.32. The largest absolute Gasteiger partial charge is 0.415 e. The van der Waals surface area contributed by atoms with Crippen LogP contribution in [0.15, 0.2) is 12.7 Å². The fourth-order valence-corrected chi connectivity index (χ4v) is 3.22. The molecule has 1 unspecified atom stereocenters. The van der Waals surface area contributed by atoms with Gasteiger partial charge in [0.05, 0.1) is 32.2 Å². The van der Waals surface area contributed by atoms with Crippen LogP contribution in [0.25, 0.3) is 11.2 Å². The zero-order valence-electron chi connectivity index (χ0n) is 14.2. The molecule has 0 aromatic carbocycles. The average Bonchev–Trinajstić information content (AvgIpc) is 2.91. The summed E-state index contributed by atoms with van der Waals surface area (Å²) < 4.78 is 29.3. The second kappa shape index (κ2) is 7.73. The lowest BCUT2D eigenvalue weighted by atomic mass is 10.4. The minimum absolute atomic E-state index is 0.00437. The van der Waals surface area contributed by atoms with Gasteiger partial charge < -0.3 is 34.3 Å². The molecule has 2 rings (SSSR count). The summed E-state index contributed by atoms with van der Waals surface area (Å²) >= 11 is 0. The first kappa shape index (κ1) is 19.7. The molecule has 0 fully saturated rings. The molecule has 2 aromatic heterocycles. The van der Waals surface area contributed by atoms with Crippen LogP contribution in [0.4, 0.5) is 5.82 Å². The molecule has 0 radical (unpaired) electrons. The third kappa shape index (κ3) is 4.14. The molecule has 140 valence electrons. The van der Waals surface area contributed by atoms with E-state index in [0.717, 1.165) is 0 Å². The van der Waals surface area contributed by atoms with Crippen molar-refractivity contribution in [3.05, 3.63) is 12.7 Å². The van der Waals surface area contributed by atoms with Crippen molar-refractivity contribution in [3.8, 4) is 0 Å². The van der Waals surface area contributed by atoms with Gasteiger partial charge in [0, 0.05) is 0 Å². The molecule has 0 amide bonds. The van der Waals surface area contributed by atoms with Crippen molar-refractivity contribution >= 4 is 24.6 Å². The van der Waals surface area contributed by atoms with Crippen molar-refractivity contribution < 1.29 is 28.6 Å². The predicted octanol–water partition coefficient (Wildman–Crippen LogP) is 0.676. The summed E-state index contributed by atoms with van der Waals surface area (Å²) in [4.78, 5) is 31.4. The lowest BCUT2D eigenvalue weighted by Gasteiger charge is -2.34. The van der Waals surface area contributed by atoms with Gasteiger partial charge in [-0.25, -0.2) is 15.0 Å². The van der Waals surface area contributed by atoms with Gasteiger partial charge in [-0.05, 0) is 20.8 Å². The quantitative estimate of drug-likeness (QED) is 0.421. The van der Waals surface area contributed by atoms with Crippen molar-refractivity contribution in [2.45, 2.75) is 39.1 Å². The Morgan fingerprint density at radius 2 is 1.92 bits per heavy atom. The second-order valence-corrected chi connectivity index (χ2v) is 6.83. The number of rotatable bonds is 9. The molecular weight excluding hydrogens is 353 g/mol. The number of nitrogen functional groups attached to an aromatic ring is 1. The van der Waals surface area contributed by atoms with Crippen LogP contribution in [0.3, 0.4) is 0 Å². The predicted molar refractivity (Wildman–Crippen MR) is 88.3 cm³/mol. The number of aromatic nitrogens is 4. The number of hydrogen-bond acceptors (Lipinski definition) is 8. The zero-order valence-corrected chi connectivity index (χ0v) is 15.1. The molecule has 0 saturated carbocycles. The first-order valence-corrected chi connectivity index (χ1v) is 9.28. The highest BCUT2D eigenvalue weighted by molar-refractivity contribution is 7.52. The molecular formula is C13H22N5O6P. The maximum atomic E-state index is 11.9. The zero-order chi connectivity index (χ0) is 18.7. The number of ether oxygens (including phenoxy) is 3. The van der Waals surface area contributed by atoms with E-state index in [1.807, 2.05) is 0 Å². The molecule has 25 heavy (non-hydrogen) atoms. The fourth-order valence-electron chi connectivity index (χ4n) is 2.31. The number of fused-ring (bicyclic) bond motifs is 1. The molecule has 0 aliphatic rings. The second-order valence-electron chi connectivity index (χ2n) is 5.19. The van der Waals surface area contributed by atoms with Crippen molar-refractivity contribution in [2.24, 2.45) is 0 Å². The minimum Gasteiger partial charge on any atom is -0.382 e. The van der Waals surface area contributed by atoms with Crippen LogP contribution in [-0.2, 0) is 25.3 Å². The van der Waals surface area contributed by atoms with Gasteiger partial charge in [0.1, 0.15) is 11.8 Å². The molecule has 0 bridgehead atoms. The van der Waals surface area contributed by atoms with E-state index in [-0.39, 0.29) is 25.6 Å². The van der Waals surface area contributed by atoms with Gasteiger partial charge in [-0.3, -0.25) is 4.57 Å².